The van der Waals surface area contributed by atoms with Crippen molar-refractivity contribution in [1.29, 1.82) is 0 Å². The van der Waals surface area contributed by atoms with Gasteiger partial charge in [-0.1, -0.05) is 12.1 Å². The number of carboxylic acid groups (broad SMARTS) is 1. The second kappa shape index (κ2) is 8.59. The smallest absolute Gasteiger partial charge is 0.416 e. The number of anilines is 2. The molecule has 0 bridgehead atoms. The molecule has 2 aromatic carbocycles. The van der Waals surface area contributed by atoms with Crippen molar-refractivity contribution in [1.82, 2.24) is 0 Å². The number of hydrogen-bond donors (Lipinski definition) is 2. The zero-order valence-electron chi connectivity index (χ0n) is 15.2. The van der Waals surface area contributed by atoms with Crippen molar-refractivity contribution in [2.75, 3.05) is 10.6 Å². The highest BCUT2D eigenvalue weighted by atomic mass is 19.4. The first-order chi connectivity index (χ1) is 13.9. The molecule has 158 valence electrons. The number of rotatable bonds is 6. The summed E-state index contributed by atoms with van der Waals surface area (Å²) in [5.74, 6) is -1.88. The Morgan fingerprint density at radius 2 is 1.70 bits per heavy atom. The molecular weight excluding hydrogens is 411 g/mol. The van der Waals surface area contributed by atoms with Gasteiger partial charge in [-0.15, -0.1) is 0 Å². The third kappa shape index (κ3) is 5.53. The van der Waals surface area contributed by atoms with Gasteiger partial charge in [-0.2, -0.15) is 13.2 Å². The number of nitro groups is 1. The van der Waals surface area contributed by atoms with Crippen LogP contribution in [-0.2, 0) is 11.0 Å². The normalized spacial score (nSPS) is 10.9. The molecule has 0 atom stereocenters. The van der Waals surface area contributed by atoms with Crippen LogP contribution in [0.15, 0.2) is 36.4 Å². The van der Waals surface area contributed by atoms with Gasteiger partial charge < -0.3 is 20.5 Å². The van der Waals surface area contributed by atoms with Crippen LogP contribution in [0.5, 0.6) is 0 Å². The summed E-state index contributed by atoms with van der Waals surface area (Å²) in [6.07, 6.45) is -7.44. The molecule has 0 fully saturated rings. The molecule has 0 aliphatic carbocycles. The quantitative estimate of drug-likeness (QED) is 0.316. The van der Waals surface area contributed by atoms with Gasteiger partial charge in [-0.25, -0.2) is 0 Å². The van der Waals surface area contributed by atoms with Crippen LogP contribution < -0.4 is 15.7 Å². The van der Waals surface area contributed by atoms with Crippen molar-refractivity contribution in [3.63, 3.8) is 0 Å². The largest absolute Gasteiger partial charge is 0.530 e. The fourth-order valence-electron chi connectivity index (χ4n) is 2.57. The number of halogens is 3. The fourth-order valence-corrected chi connectivity index (χ4v) is 2.57. The fraction of sp³-hybridized carbons (Fsp3) is 0.167. The third-order valence-corrected chi connectivity index (χ3v) is 3.88. The molecule has 0 radical (unpaired) electrons. The summed E-state index contributed by atoms with van der Waals surface area (Å²) >= 11 is 0. The average molecular weight is 424 g/mol. The Balaban J connectivity index is 2.28. The van der Waals surface area contributed by atoms with Crippen molar-refractivity contribution in [2.45, 2.75) is 19.5 Å². The minimum Gasteiger partial charge on any atom is -0.530 e. The number of amides is 2. The van der Waals surface area contributed by atoms with E-state index in [4.69, 9.17) is 0 Å². The third-order valence-electron chi connectivity index (χ3n) is 3.88. The van der Waals surface area contributed by atoms with E-state index in [0.29, 0.717) is 6.07 Å². The lowest BCUT2D eigenvalue weighted by molar-refractivity contribution is -0.384. The monoisotopic (exact) mass is 424 g/mol. The van der Waals surface area contributed by atoms with Gasteiger partial charge in [-0.05, 0) is 24.6 Å². The Morgan fingerprint density at radius 1 is 1.07 bits per heavy atom. The zero-order valence-corrected chi connectivity index (χ0v) is 15.2. The molecule has 2 N–H and O–H groups in total. The van der Waals surface area contributed by atoms with Gasteiger partial charge in [0, 0.05) is 17.7 Å². The summed E-state index contributed by atoms with van der Waals surface area (Å²) in [5.41, 5.74) is -2.86. The predicted molar refractivity (Wildman–Crippen MR) is 95.9 cm³/mol. The maximum Gasteiger partial charge on any atom is 0.416 e. The summed E-state index contributed by atoms with van der Waals surface area (Å²) in [6, 6.07) is 5.94. The van der Waals surface area contributed by atoms with Gasteiger partial charge >= 0.3 is 6.18 Å². The Morgan fingerprint density at radius 3 is 2.27 bits per heavy atom. The maximum absolute atomic E-state index is 13.1. The molecule has 2 aromatic rings. The number of benzene rings is 2. The molecular formula is C18H13F3N3O6-. The molecule has 0 spiro atoms. The second-order valence-corrected chi connectivity index (χ2v) is 6.08. The minimum atomic E-state index is -4.78. The molecule has 9 nitrogen and oxygen atoms in total. The molecule has 0 saturated heterocycles. The highest BCUT2D eigenvalue weighted by Gasteiger charge is 2.33. The number of nitro benzene ring substituents is 1. The molecule has 0 unspecified atom stereocenters. The summed E-state index contributed by atoms with van der Waals surface area (Å²) in [5, 5.41) is 25.4. The molecule has 0 aliphatic heterocycles. The van der Waals surface area contributed by atoms with Crippen LogP contribution in [0, 0.1) is 17.0 Å². The van der Waals surface area contributed by atoms with E-state index >= 15 is 0 Å². The van der Waals surface area contributed by atoms with Gasteiger partial charge in [-0.3, -0.25) is 19.7 Å². The second-order valence-electron chi connectivity index (χ2n) is 6.08. The summed E-state index contributed by atoms with van der Waals surface area (Å²) in [4.78, 5) is 45.2. The summed E-state index contributed by atoms with van der Waals surface area (Å²) in [7, 11) is 0. The molecule has 0 aromatic heterocycles. The van der Waals surface area contributed by atoms with E-state index in [1.54, 1.807) is 5.32 Å². The van der Waals surface area contributed by atoms with E-state index < -0.39 is 46.6 Å². The van der Waals surface area contributed by atoms with Crippen LogP contribution in [-0.4, -0.2) is 22.7 Å². The van der Waals surface area contributed by atoms with Crippen molar-refractivity contribution in [3.8, 4) is 0 Å². The Hall–Kier alpha value is -3.96. The van der Waals surface area contributed by atoms with E-state index in [2.05, 4.69) is 0 Å². The number of carbonyl (C=O) groups is 3. The Bertz CT molecular complexity index is 1040. The SMILES string of the molecule is Cc1cc(NC(=O)[O-])c(NC(=O)CC(=O)c2cccc([N+](=O)[O-])c2)cc1C(F)(F)F. The molecule has 0 saturated carbocycles. The number of carbonyl (C=O) groups excluding carboxylic acids is 3. The number of aryl methyl sites for hydroxylation is 1. The first-order valence-electron chi connectivity index (χ1n) is 8.16. The van der Waals surface area contributed by atoms with Crippen molar-refractivity contribution < 1.29 is 37.6 Å². The van der Waals surface area contributed by atoms with Crippen molar-refractivity contribution >= 4 is 34.8 Å². The van der Waals surface area contributed by atoms with Crippen molar-refractivity contribution in [3.05, 3.63) is 63.2 Å². The van der Waals surface area contributed by atoms with Crippen molar-refractivity contribution in [2.24, 2.45) is 0 Å². The number of nitrogens with zero attached hydrogens (tertiary/aromatic N) is 1. The highest BCUT2D eigenvalue weighted by molar-refractivity contribution is 6.12. The van der Waals surface area contributed by atoms with Crippen LogP contribution in [0.2, 0.25) is 0 Å². The first-order valence-corrected chi connectivity index (χ1v) is 8.16. The lowest BCUT2D eigenvalue weighted by atomic mass is 10.0. The summed E-state index contributed by atoms with van der Waals surface area (Å²) < 4.78 is 39.4. The van der Waals surface area contributed by atoms with Gasteiger partial charge in [0.25, 0.3) is 5.69 Å². The van der Waals surface area contributed by atoms with Crippen LogP contribution in [0.1, 0.15) is 27.9 Å². The number of nitrogens with one attached hydrogen (secondary N) is 2. The molecule has 0 aliphatic rings. The lowest BCUT2D eigenvalue weighted by Gasteiger charge is -2.18. The van der Waals surface area contributed by atoms with Gasteiger partial charge in [0.05, 0.1) is 28.3 Å². The molecule has 2 rings (SSSR count). The predicted octanol–water partition coefficient (Wildman–Crippen LogP) is 2.89. The van der Waals surface area contributed by atoms with Crippen LogP contribution >= 0.6 is 0 Å². The average Bonchev–Trinajstić information content (AvgIpc) is 2.62. The van der Waals surface area contributed by atoms with E-state index in [1.165, 1.54) is 12.1 Å². The van der Waals surface area contributed by atoms with Crippen LogP contribution in [0.3, 0.4) is 0 Å². The minimum absolute atomic E-state index is 0.146. The topological polar surface area (TPSA) is 141 Å². The van der Waals surface area contributed by atoms with E-state index in [1.807, 2.05) is 5.32 Å². The molecule has 30 heavy (non-hydrogen) atoms. The van der Waals surface area contributed by atoms with E-state index in [-0.39, 0.29) is 22.5 Å². The van der Waals surface area contributed by atoms with Crippen LogP contribution in [0.25, 0.3) is 0 Å². The molecule has 2 amide bonds. The first kappa shape index (κ1) is 22.3. The van der Waals surface area contributed by atoms with E-state index in [0.717, 1.165) is 25.1 Å². The number of ketones is 1. The molecule has 12 heteroatoms. The zero-order chi connectivity index (χ0) is 22.6. The number of Topliss-reactive ketones (excluding diaryl/α,β-unsaturated/α-hetero) is 1. The van der Waals surface area contributed by atoms with Gasteiger partial charge in [0.1, 0.15) is 6.09 Å². The summed E-state index contributed by atoms with van der Waals surface area (Å²) in [6.45, 7) is 1.10. The standard InChI is InChI=1S/C18H14F3N3O6/c1-9-5-13(23-17(27)28)14(7-12(9)18(19,20)21)22-16(26)8-15(25)10-3-2-4-11(6-10)24(29)30/h2-7,23H,8H2,1H3,(H,22,26)(H,27,28)/p-1. The van der Waals surface area contributed by atoms with Gasteiger partial charge in [0.15, 0.2) is 5.78 Å². The lowest BCUT2D eigenvalue weighted by Crippen LogP contribution is -2.29. The van der Waals surface area contributed by atoms with E-state index in [9.17, 15) is 42.8 Å². The molecule has 0 heterocycles. The maximum atomic E-state index is 13.1. The highest BCUT2D eigenvalue weighted by Crippen LogP contribution is 2.37. The number of alkyl halides is 3. The number of hydrogen-bond acceptors (Lipinski definition) is 6. The number of non-ortho nitro benzene ring substituents is 1. The van der Waals surface area contributed by atoms with Gasteiger partial charge in [0.2, 0.25) is 5.91 Å². The Kier molecular flexibility index (Phi) is 6.40. The van der Waals surface area contributed by atoms with Crippen LogP contribution in [0.4, 0.5) is 35.0 Å². The Labute approximate surface area is 166 Å².